The van der Waals surface area contributed by atoms with E-state index in [4.69, 9.17) is 9.47 Å². The number of carbonyl (C=O) groups excluding carboxylic acids is 2. The Morgan fingerprint density at radius 1 is 0.806 bits per heavy atom. The van der Waals surface area contributed by atoms with Crippen molar-refractivity contribution in [2.24, 2.45) is 0 Å². The molecule has 0 atom stereocenters. The SMILES string of the molecule is O=C(COc1ccc(OCc2ccccc2)cc1)NNC(=O)c1n[nH]c2ccccc12. The molecule has 0 unspecified atom stereocenters. The van der Waals surface area contributed by atoms with E-state index in [-0.39, 0.29) is 12.3 Å². The van der Waals surface area contributed by atoms with Crippen molar-refractivity contribution in [3.63, 3.8) is 0 Å². The molecule has 8 heteroatoms. The first-order valence-electron chi connectivity index (χ1n) is 9.61. The summed E-state index contributed by atoms with van der Waals surface area (Å²) < 4.78 is 11.2. The summed E-state index contributed by atoms with van der Waals surface area (Å²) in [4.78, 5) is 24.2. The number of rotatable bonds is 7. The Bertz CT molecular complexity index is 1170. The van der Waals surface area contributed by atoms with Crippen molar-refractivity contribution in [3.05, 3.63) is 90.1 Å². The van der Waals surface area contributed by atoms with Gasteiger partial charge in [-0.15, -0.1) is 0 Å². The van der Waals surface area contributed by atoms with Crippen molar-refractivity contribution in [3.8, 4) is 11.5 Å². The van der Waals surface area contributed by atoms with E-state index >= 15 is 0 Å². The number of para-hydroxylation sites is 1. The van der Waals surface area contributed by atoms with Gasteiger partial charge in [-0.25, -0.2) is 0 Å². The Kier molecular flexibility index (Phi) is 6.08. The van der Waals surface area contributed by atoms with Crippen LogP contribution in [-0.4, -0.2) is 28.6 Å². The Balaban J connectivity index is 1.22. The summed E-state index contributed by atoms with van der Waals surface area (Å²) in [6.07, 6.45) is 0. The molecule has 0 radical (unpaired) electrons. The van der Waals surface area contributed by atoms with Crippen molar-refractivity contribution < 1.29 is 19.1 Å². The third kappa shape index (κ3) is 5.18. The highest BCUT2D eigenvalue weighted by atomic mass is 16.5. The zero-order valence-electron chi connectivity index (χ0n) is 16.5. The first-order chi connectivity index (χ1) is 15.2. The van der Waals surface area contributed by atoms with Gasteiger partial charge in [0, 0.05) is 5.39 Å². The van der Waals surface area contributed by atoms with Crippen LogP contribution in [0.15, 0.2) is 78.9 Å². The predicted molar refractivity (Wildman–Crippen MR) is 114 cm³/mol. The summed E-state index contributed by atoms with van der Waals surface area (Å²) in [6, 6.07) is 24.0. The van der Waals surface area contributed by atoms with Crippen LogP contribution in [0.3, 0.4) is 0 Å². The Morgan fingerprint density at radius 3 is 2.26 bits per heavy atom. The fourth-order valence-electron chi connectivity index (χ4n) is 2.88. The smallest absolute Gasteiger partial charge is 0.290 e. The number of carbonyl (C=O) groups is 2. The quantitative estimate of drug-likeness (QED) is 0.402. The van der Waals surface area contributed by atoms with Crippen molar-refractivity contribution in [2.75, 3.05) is 6.61 Å². The van der Waals surface area contributed by atoms with E-state index in [1.54, 1.807) is 36.4 Å². The van der Waals surface area contributed by atoms with Crippen LogP contribution in [-0.2, 0) is 11.4 Å². The number of hydrogen-bond acceptors (Lipinski definition) is 5. The maximum atomic E-state index is 12.2. The van der Waals surface area contributed by atoms with Crippen LogP contribution in [0.2, 0.25) is 0 Å². The minimum Gasteiger partial charge on any atom is -0.489 e. The molecule has 156 valence electrons. The maximum absolute atomic E-state index is 12.2. The number of hydrazine groups is 1. The zero-order valence-corrected chi connectivity index (χ0v) is 16.5. The van der Waals surface area contributed by atoms with Gasteiger partial charge in [0.25, 0.3) is 11.8 Å². The molecule has 4 rings (SSSR count). The summed E-state index contributed by atoms with van der Waals surface area (Å²) in [6.45, 7) is 0.209. The predicted octanol–water partition coefficient (Wildman–Crippen LogP) is 2.98. The van der Waals surface area contributed by atoms with Gasteiger partial charge in [-0.3, -0.25) is 25.5 Å². The summed E-state index contributed by atoms with van der Waals surface area (Å²) >= 11 is 0. The van der Waals surface area contributed by atoms with E-state index in [1.165, 1.54) is 0 Å². The van der Waals surface area contributed by atoms with Crippen LogP contribution in [0.25, 0.3) is 10.9 Å². The lowest BCUT2D eigenvalue weighted by molar-refractivity contribution is -0.123. The standard InChI is InChI=1S/C23H20N4O4/c28-21(25-27-23(29)22-19-8-4-5-9-20(19)24-26-22)15-31-18-12-10-17(11-13-18)30-14-16-6-2-1-3-7-16/h1-13H,14-15H2,(H,24,26)(H,25,28)(H,27,29). The number of nitrogens with one attached hydrogen (secondary N) is 3. The van der Waals surface area contributed by atoms with Gasteiger partial charge >= 0.3 is 0 Å². The molecular weight excluding hydrogens is 396 g/mol. The fraction of sp³-hybridized carbons (Fsp3) is 0.0870. The van der Waals surface area contributed by atoms with E-state index in [0.717, 1.165) is 11.1 Å². The molecule has 31 heavy (non-hydrogen) atoms. The number of ether oxygens (including phenoxy) is 2. The first-order valence-corrected chi connectivity index (χ1v) is 9.61. The lowest BCUT2D eigenvalue weighted by atomic mass is 10.2. The van der Waals surface area contributed by atoms with Gasteiger partial charge < -0.3 is 9.47 Å². The molecule has 0 bridgehead atoms. The molecule has 0 fully saturated rings. The molecule has 0 saturated carbocycles. The molecule has 2 amide bonds. The third-order valence-electron chi connectivity index (χ3n) is 4.44. The number of nitrogens with zero attached hydrogens (tertiary/aromatic N) is 1. The molecule has 0 aliphatic rings. The van der Waals surface area contributed by atoms with E-state index in [1.807, 2.05) is 42.5 Å². The van der Waals surface area contributed by atoms with Crippen molar-refractivity contribution in [2.45, 2.75) is 6.61 Å². The number of benzene rings is 3. The number of H-pyrrole nitrogens is 1. The Hall–Kier alpha value is -4.33. The van der Waals surface area contributed by atoms with E-state index in [2.05, 4.69) is 21.0 Å². The number of amides is 2. The van der Waals surface area contributed by atoms with Gasteiger partial charge in [0.2, 0.25) is 0 Å². The van der Waals surface area contributed by atoms with Gasteiger partial charge in [0.15, 0.2) is 12.3 Å². The van der Waals surface area contributed by atoms with E-state index in [9.17, 15) is 9.59 Å². The molecule has 1 aromatic heterocycles. The number of aromatic amines is 1. The van der Waals surface area contributed by atoms with Crippen LogP contribution >= 0.6 is 0 Å². The van der Waals surface area contributed by atoms with Crippen LogP contribution < -0.4 is 20.3 Å². The van der Waals surface area contributed by atoms with Gasteiger partial charge in [-0.1, -0.05) is 48.5 Å². The van der Waals surface area contributed by atoms with E-state index in [0.29, 0.717) is 23.5 Å². The van der Waals surface area contributed by atoms with Crippen LogP contribution in [0.4, 0.5) is 0 Å². The average molecular weight is 416 g/mol. The van der Waals surface area contributed by atoms with Gasteiger partial charge in [0.05, 0.1) is 5.52 Å². The van der Waals surface area contributed by atoms with Crippen molar-refractivity contribution in [1.29, 1.82) is 0 Å². The molecule has 3 aromatic carbocycles. The summed E-state index contributed by atoms with van der Waals surface area (Å²) in [5, 5.41) is 7.41. The number of hydrogen-bond donors (Lipinski definition) is 3. The molecule has 0 spiro atoms. The highest BCUT2D eigenvalue weighted by molar-refractivity contribution is 6.05. The van der Waals surface area contributed by atoms with Gasteiger partial charge in [-0.2, -0.15) is 5.10 Å². The molecular formula is C23H20N4O4. The normalized spacial score (nSPS) is 10.5. The van der Waals surface area contributed by atoms with Gasteiger partial charge in [0.1, 0.15) is 18.1 Å². The largest absolute Gasteiger partial charge is 0.489 e. The summed E-state index contributed by atoms with van der Waals surface area (Å²) in [7, 11) is 0. The average Bonchev–Trinajstić information content (AvgIpc) is 3.25. The van der Waals surface area contributed by atoms with Crippen molar-refractivity contribution in [1.82, 2.24) is 21.0 Å². The number of aromatic nitrogens is 2. The molecule has 0 saturated heterocycles. The second-order valence-electron chi connectivity index (χ2n) is 6.65. The lowest BCUT2D eigenvalue weighted by Crippen LogP contribution is -2.44. The highest BCUT2D eigenvalue weighted by Crippen LogP contribution is 2.19. The second kappa shape index (κ2) is 9.45. The summed E-state index contributed by atoms with van der Waals surface area (Å²) in [5.74, 6) is 0.175. The third-order valence-corrected chi connectivity index (χ3v) is 4.44. The monoisotopic (exact) mass is 416 g/mol. The minimum atomic E-state index is -0.522. The Morgan fingerprint density at radius 2 is 1.48 bits per heavy atom. The fourth-order valence-corrected chi connectivity index (χ4v) is 2.88. The highest BCUT2D eigenvalue weighted by Gasteiger charge is 2.14. The maximum Gasteiger partial charge on any atom is 0.290 e. The molecule has 3 N–H and O–H groups in total. The van der Waals surface area contributed by atoms with Crippen LogP contribution in [0.1, 0.15) is 16.1 Å². The van der Waals surface area contributed by atoms with Crippen LogP contribution in [0.5, 0.6) is 11.5 Å². The molecule has 0 aliphatic carbocycles. The van der Waals surface area contributed by atoms with Crippen molar-refractivity contribution >= 4 is 22.7 Å². The summed E-state index contributed by atoms with van der Waals surface area (Å²) in [5.41, 5.74) is 6.65. The van der Waals surface area contributed by atoms with Gasteiger partial charge in [-0.05, 0) is 35.9 Å². The zero-order chi connectivity index (χ0) is 21.5. The number of fused-ring (bicyclic) bond motifs is 1. The molecule has 8 nitrogen and oxygen atoms in total. The topological polar surface area (TPSA) is 105 Å². The van der Waals surface area contributed by atoms with Crippen LogP contribution in [0, 0.1) is 0 Å². The second-order valence-corrected chi connectivity index (χ2v) is 6.65. The van der Waals surface area contributed by atoms with E-state index < -0.39 is 11.8 Å². The lowest BCUT2D eigenvalue weighted by Gasteiger charge is -2.09. The molecule has 4 aromatic rings. The Labute approximate surface area is 178 Å². The molecule has 1 heterocycles. The minimum absolute atomic E-state index is 0.197. The molecule has 0 aliphatic heterocycles. The first kappa shape index (κ1) is 20.0.